The molecule has 5 rings (SSSR count). The fourth-order valence-electron chi connectivity index (χ4n) is 7.35. The van der Waals surface area contributed by atoms with Crippen LogP contribution >= 0.6 is 0 Å². The largest absolute Gasteiger partial charge is 0.462 e. The number of aliphatic hydroxyl groups excluding tert-OH is 2. The highest BCUT2D eigenvalue weighted by Gasteiger charge is 2.59. The zero-order chi connectivity index (χ0) is 19.7. The van der Waals surface area contributed by atoms with E-state index in [1.54, 1.807) is 0 Å². The zero-order valence-corrected chi connectivity index (χ0v) is 17.4. The molecule has 4 aliphatic rings. The number of hydrogen-bond donors (Lipinski definition) is 2. The Bertz CT molecular complexity index is 833. The molecule has 3 nitrogen and oxygen atoms in total. The van der Waals surface area contributed by atoms with Crippen molar-refractivity contribution in [3.8, 4) is 0 Å². The molecule has 3 saturated carbocycles. The quantitative estimate of drug-likeness (QED) is 0.651. The Balaban J connectivity index is 1.47. The summed E-state index contributed by atoms with van der Waals surface area (Å²) in [5, 5.41) is 21.4. The lowest BCUT2D eigenvalue weighted by Gasteiger charge is -2.57. The predicted molar refractivity (Wildman–Crippen MR) is 111 cm³/mol. The Morgan fingerprint density at radius 2 is 1.89 bits per heavy atom. The van der Waals surface area contributed by atoms with E-state index in [4.69, 9.17) is 4.42 Å². The van der Waals surface area contributed by atoms with Crippen LogP contribution in [-0.4, -0.2) is 22.4 Å². The van der Waals surface area contributed by atoms with Crippen molar-refractivity contribution >= 4 is 6.08 Å². The lowest BCUT2D eigenvalue weighted by molar-refractivity contribution is -0.0685. The van der Waals surface area contributed by atoms with Crippen molar-refractivity contribution in [3.63, 3.8) is 0 Å². The summed E-state index contributed by atoms with van der Waals surface area (Å²) in [6.07, 6.45) is 11.4. The molecular weight excluding hydrogens is 348 g/mol. The second-order valence-electron chi connectivity index (χ2n) is 10.5. The third-order valence-corrected chi connectivity index (χ3v) is 9.04. The van der Waals surface area contributed by atoms with Gasteiger partial charge in [0.15, 0.2) is 0 Å². The molecule has 2 N–H and O–H groups in total. The summed E-state index contributed by atoms with van der Waals surface area (Å²) in [5.74, 6) is 3.65. The number of fused-ring (bicyclic) bond motifs is 5. The molecule has 1 heterocycles. The first-order chi connectivity index (χ1) is 13.3. The summed E-state index contributed by atoms with van der Waals surface area (Å²) in [4.78, 5) is 0. The summed E-state index contributed by atoms with van der Waals surface area (Å²) < 4.78 is 5.76. The molecule has 28 heavy (non-hydrogen) atoms. The number of aryl methyl sites for hydroxylation is 1. The highest BCUT2D eigenvalue weighted by molar-refractivity contribution is 5.51. The molecular formula is C25H34O3. The standard InChI is InChI=1S/C25H34O3/c1-15-4-6-19(28-15)12-16-13-22-20-7-5-17-14-18(26)8-10-24(17,2)21(20)9-11-25(22,3)23(16)27/h4-6,12,18,20-23,26-27H,7-11,13-14H2,1-3H3/b16-12+/t18-,20-,21-,22+,23-,24+,25+/m1/s1. The van der Waals surface area contributed by atoms with Crippen LogP contribution in [0.1, 0.15) is 70.3 Å². The fourth-order valence-corrected chi connectivity index (χ4v) is 7.35. The van der Waals surface area contributed by atoms with Crippen molar-refractivity contribution < 1.29 is 14.6 Å². The first-order valence-electron chi connectivity index (χ1n) is 11.1. The smallest absolute Gasteiger partial charge is 0.127 e. The van der Waals surface area contributed by atoms with Gasteiger partial charge in [-0.2, -0.15) is 0 Å². The van der Waals surface area contributed by atoms with E-state index in [0.717, 1.165) is 55.6 Å². The molecule has 152 valence electrons. The summed E-state index contributed by atoms with van der Waals surface area (Å²) in [5.41, 5.74) is 2.89. The van der Waals surface area contributed by atoms with Crippen LogP contribution < -0.4 is 0 Å². The van der Waals surface area contributed by atoms with Gasteiger partial charge in [-0.05, 0) is 98.8 Å². The molecule has 1 aromatic heterocycles. The highest BCUT2D eigenvalue weighted by Crippen LogP contribution is 2.65. The zero-order valence-electron chi connectivity index (χ0n) is 17.4. The molecule has 0 aromatic carbocycles. The third kappa shape index (κ3) is 2.62. The van der Waals surface area contributed by atoms with E-state index in [1.807, 2.05) is 19.1 Å². The van der Waals surface area contributed by atoms with E-state index >= 15 is 0 Å². The molecule has 0 aliphatic heterocycles. The Morgan fingerprint density at radius 1 is 1.07 bits per heavy atom. The number of aliphatic hydroxyl groups is 2. The topological polar surface area (TPSA) is 53.6 Å². The minimum Gasteiger partial charge on any atom is -0.462 e. The van der Waals surface area contributed by atoms with E-state index in [9.17, 15) is 10.2 Å². The highest BCUT2D eigenvalue weighted by atomic mass is 16.3. The van der Waals surface area contributed by atoms with Crippen LogP contribution in [0.5, 0.6) is 0 Å². The molecule has 1 aromatic rings. The Labute approximate surface area is 168 Å². The van der Waals surface area contributed by atoms with Crippen LogP contribution in [-0.2, 0) is 0 Å². The monoisotopic (exact) mass is 382 g/mol. The van der Waals surface area contributed by atoms with Crippen molar-refractivity contribution in [2.45, 2.75) is 77.9 Å². The molecule has 0 unspecified atom stereocenters. The van der Waals surface area contributed by atoms with Gasteiger partial charge in [-0.3, -0.25) is 0 Å². The van der Waals surface area contributed by atoms with Gasteiger partial charge >= 0.3 is 0 Å². The normalized spacial score (nSPS) is 46.7. The molecule has 3 fully saturated rings. The maximum Gasteiger partial charge on any atom is 0.127 e. The summed E-state index contributed by atoms with van der Waals surface area (Å²) in [6, 6.07) is 4.00. The van der Waals surface area contributed by atoms with Crippen LogP contribution in [0.25, 0.3) is 6.08 Å². The molecule has 0 spiro atoms. The van der Waals surface area contributed by atoms with Crippen molar-refractivity contribution in [2.75, 3.05) is 0 Å². The van der Waals surface area contributed by atoms with E-state index in [-0.39, 0.29) is 23.0 Å². The Kier molecular flexibility index (Phi) is 4.23. The minimum absolute atomic E-state index is 0.0233. The van der Waals surface area contributed by atoms with E-state index in [2.05, 4.69) is 26.0 Å². The lowest BCUT2D eigenvalue weighted by atomic mass is 9.48. The molecule has 0 radical (unpaired) electrons. The van der Waals surface area contributed by atoms with Gasteiger partial charge in [-0.25, -0.2) is 0 Å². The fraction of sp³-hybridized carbons (Fsp3) is 0.680. The van der Waals surface area contributed by atoms with Gasteiger partial charge in [0.2, 0.25) is 0 Å². The molecule has 0 saturated heterocycles. The maximum atomic E-state index is 11.3. The predicted octanol–water partition coefficient (Wildman–Crippen LogP) is 5.27. The van der Waals surface area contributed by atoms with Crippen LogP contribution in [0.15, 0.2) is 33.8 Å². The number of rotatable bonds is 1. The third-order valence-electron chi connectivity index (χ3n) is 9.04. The maximum absolute atomic E-state index is 11.3. The molecule has 0 amide bonds. The summed E-state index contributed by atoms with van der Waals surface area (Å²) in [7, 11) is 0. The second-order valence-corrected chi connectivity index (χ2v) is 10.5. The SMILES string of the molecule is Cc1ccc(/C=C2\C[C@H]3[C@@H]4CC=C5C[C@H](O)CC[C@]5(C)[C@@H]4CC[C@]3(C)[C@@H]2O)o1. The summed E-state index contributed by atoms with van der Waals surface area (Å²) >= 11 is 0. The molecule has 3 heteroatoms. The van der Waals surface area contributed by atoms with Crippen LogP contribution in [0.2, 0.25) is 0 Å². The van der Waals surface area contributed by atoms with Gasteiger partial charge in [-0.1, -0.05) is 25.5 Å². The molecule has 7 atom stereocenters. The van der Waals surface area contributed by atoms with Crippen molar-refractivity contribution in [1.82, 2.24) is 0 Å². The van der Waals surface area contributed by atoms with Crippen molar-refractivity contribution in [1.29, 1.82) is 0 Å². The number of hydrogen-bond acceptors (Lipinski definition) is 3. The second kappa shape index (κ2) is 6.34. The van der Waals surface area contributed by atoms with Gasteiger partial charge in [0.25, 0.3) is 0 Å². The van der Waals surface area contributed by atoms with Gasteiger partial charge in [-0.15, -0.1) is 0 Å². The summed E-state index contributed by atoms with van der Waals surface area (Å²) in [6.45, 7) is 6.74. The number of allylic oxidation sites excluding steroid dienone is 1. The van der Waals surface area contributed by atoms with E-state index < -0.39 is 0 Å². The van der Waals surface area contributed by atoms with Crippen LogP contribution in [0.3, 0.4) is 0 Å². The van der Waals surface area contributed by atoms with Crippen LogP contribution in [0.4, 0.5) is 0 Å². The lowest BCUT2D eigenvalue weighted by Crippen LogP contribution is -2.51. The van der Waals surface area contributed by atoms with Gasteiger partial charge in [0.05, 0.1) is 12.2 Å². The van der Waals surface area contributed by atoms with Gasteiger partial charge < -0.3 is 14.6 Å². The van der Waals surface area contributed by atoms with Crippen LogP contribution in [0, 0.1) is 35.5 Å². The van der Waals surface area contributed by atoms with E-state index in [1.165, 1.54) is 12.0 Å². The Morgan fingerprint density at radius 3 is 2.64 bits per heavy atom. The van der Waals surface area contributed by atoms with Gasteiger partial charge in [0, 0.05) is 5.41 Å². The Hall–Kier alpha value is -1.32. The minimum atomic E-state index is -0.366. The van der Waals surface area contributed by atoms with Crippen molar-refractivity contribution in [2.24, 2.45) is 28.6 Å². The average molecular weight is 383 g/mol. The first kappa shape index (κ1) is 18.7. The van der Waals surface area contributed by atoms with Crippen molar-refractivity contribution in [3.05, 3.63) is 40.9 Å². The van der Waals surface area contributed by atoms with Gasteiger partial charge in [0.1, 0.15) is 11.5 Å². The molecule has 4 aliphatic carbocycles. The molecule has 0 bridgehead atoms. The number of furan rings is 1. The van der Waals surface area contributed by atoms with E-state index in [0.29, 0.717) is 17.8 Å². The first-order valence-corrected chi connectivity index (χ1v) is 11.1. The average Bonchev–Trinajstić information content (AvgIpc) is 3.18.